The van der Waals surface area contributed by atoms with Crippen molar-refractivity contribution >= 4 is 16.9 Å². The molecule has 0 saturated heterocycles. The number of hydrogen-bond donors (Lipinski definition) is 0. The molecule has 69 valence electrons. The highest BCUT2D eigenvalue weighted by molar-refractivity contribution is 8.14. The van der Waals surface area contributed by atoms with Crippen LogP contribution in [-0.4, -0.2) is 10.9 Å². The highest BCUT2D eigenvalue weighted by atomic mass is 32.2. The van der Waals surface area contributed by atoms with Crippen LogP contribution >= 0.6 is 11.8 Å². The maximum Gasteiger partial charge on any atom is 0.320 e. The molecule has 1 nitrogen and oxygen atoms in total. The predicted octanol–water partition coefficient (Wildman–Crippen LogP) is 2.99. The van der Waals surface area contributed by atoms with Gasteiger partial charge in [-0.15, -0.1) is 0 Å². The number of halogens is 2. The van der Waals surface area contributed by atoms with Crippen molar-refractivity contribution in [2.75, 3.05) is 5.75 Å². The Labute approximate surface area is 79.1 Å². The molecule has 0 N–H and O–H groups in total. The zero-order valence-electron chi connectivity index (χ0n) is 6.67. The molecular weight excluding hydrogens is 194 g/mol. The minimum Gasteiger partial charge on any atom is -0.282 e. The molecule has 0 spiro atoms. The van der Waals surface area contributed by atoms with Crippen LogP contribution in [0.5, 0.6) is 0 Å². The van der Waals surface area contributed by atoms with Crippen LogP contribution < -0.4 is 0 Å². The zero-order chi connectivity index (χ0) is 9.68. The largest absolute Gasteiger partial charge is 0.320 e. The van der Waals surface area contributed by atoms with Gasteiger partial charge >= 0.3 is 6.43 Å². The van der Waals surface area contributed by atoms with Crippen LogP contribution in [0.15, 0.2) is 30.3 Å². The summed E-state index contributed by atoms with van der Waals surface area (Å²) in [5.41, 5.74) is 0.453. The molecule has 0 atom stereocenters. The summed E-state index contributed by atoms with van der Waals surface area (Å²) in [5, 5.41) is -0.326. The van der Waals surface area contributed by atoms with Crippen molar-refractivity contribution in [3.8, 4) is 0 Å². The van der Waals surface area contributed by atoms with E-state index in [4.69, 9.17) is 0 Å². The maximum absolute atomic E-state index is 11.7. The lowest BCUT2D eigenvalue weighted by atomic mass is 10.2. The van der Waals surface area contributed by atoms with E-state index in [9.17, 15) is 13.6 Å². The van der Waals surface area contributed by atoms with Gasteiger partial charge in [0, 0.05) is 5.56 Å². The van der Waals surface area contributed by atoms with Crippen LogP contribution in [0.2, 0.25) is 0 Å². The van der Waals surface area contributed by atoms with Gasteiger partial charge in [-0.25, -0.2) is 0 Å². The SMILES string of the molecule is O=C(SC[C](F)F)c1ccccc1. The van der Waals surface area contributed by atoms with Gasteiger partial charge < -0.3 is 0 Å². The summed E-state index contributed by atoms with van der Waals surface area (Å²) in [7, 11) is 0. The summed E-state index contributed by atoms with van der Waals surface area (Å²) < 4.78 is 23.3. The second-order valence-corrected chi connectivity index (χ2v) is 3.23. The first-order valence-electron chi connectivity index (χ1n) is 3.59. The van der Waals surface area contributed by atoms with Gasteiger partial charge in [0.25, 0.3) is 0 Å². The summed E-state index contributed by atoms with van der Waals surface area (Å²) in [6.07, 6.45) is -1.73. The monoisotopic (exact) mass is 201 g/mol. The first-order valence-corrected chi connectivity index (χ1v) is 4.57. The molecule has 0 aliphatic heterocycles. The van der Waals surface area contributed by atoms with Crippen molar-refractivity contribution in [2.24, 2.45) is 0 Å². The number of rotatable bonds is 3. The van der Waals surface area contributed by atoms with Gasteiger partial charge in [0.05, 0.1) is 5.75 Å². The quantitative estimate of drug-likeness (QED) is 0.747. The number of carbonyl (C=O) groups excluding carboxylic acids is 1. The topological polar surface area (TPSA) is 17.1 Å². The van der Waals surface area contributed by atoms with E-state index in [1.165, 1.54) is 0 Å². The summed E-state index contributed by atoms with van der Waals surface area (Å²) in [6, 6.07) is 8.37. The standard InChI is InChI=1S/C9H7F2OS/c10-8(11)6-13-9(12)7-4-2-1-3-5-7/h1-5H,6H2. The van der Waals surface area contributed by atoms with E-state index in [0.717, 1.165) is 0 Å². The third kappa shape index (κ3) is 3.55. The van der Waals surface area contributed by atoms with Gasteiger partial charge in [-0.1, -0.05) is 42.1 Å². The van der Waals surface area contributed by atoms with Crippen molar-refractivity contribution in [2.45, 2.75) is 0 Å². The average molecular weight is 201 g/mol. The summed E-state index contributed by atoms with van der Waals surface area (Å²) in [5.74, 6) is -0.520. The van der Waals surface area contributed by atoms with E-state index in [0.29, 0.717) is 17.3 Å². The van der Waals surface area contributed by atoms with Gasteiger partial charge in [0.2, 0.25) is 5.12 Å². The van der Waals surface area contributed by atoms with E-state index in [2.05, 4.69) is 0 Å². The molecule has 0 aliphatic carbocycles. The fourth-order valence-corrected chi connectivity index (χ4v) is 1.32. The second-order valence-electron chi connectivity index (χ2n) is 2.28. The fraction of sp³-hybridized carbons (Fsp3) is 0.111. The van der Waals surface area contributed by atoms with Crippen molar-refractivity contribution in [1.82, 2.24) is 0 Å². The minimum atomic E-state index is -1.73. The first-order chi connectivity index (χ1) is 6.20. The summed E-state index contributed by atoms with van der Waals surface area (Å²) in [6.45, 7) is 0. The van der Waals surface area contributed by atoms with Gasteiger partial charge in [0.1, 0.15) is 0 Å². The van der Waals surface area contributed by atoms with Gasteiger partial charge in [-0.3, -0.25) is 4.79 Å². The molecule has 0 amide bonds. The molecule has 0 unspecified atom stereocenters. The number of thioether (sulfide) groups is 1. The van der Waals surface area contributed by atoms with E-state index >= 15 is 0 Å². The van der Waals surface area contributed by atoms with Gasteiger partial charge in [-0.2, -0.15) is 8.78 Å². The Morgan fingerprint density at radius 3 is 2.38 bits per heavy atom. The third-order valence-electron chi connectivity index (χ3n) is 1.32. The molecule has 4 heteroatoms. The lowest BCUT2D eigenvalue weighted by Crippen LogP contribution is -1.95. The molecule has 1 radical (unpaired) electrons. The number of hydrogen-bond acceptors (Lipinski definition) is 2. The normalized spacial score (nSPS) is 10.4. The lowest BCUT2D eigenvalue weighted by molar-refractivity contribution is 0.108. The van der Waals surface area contributed by atoms with Crippen molar-refractivity contribution in [3.05, 3.63) is 42.3 Å². The van der Waals surface area contributed by atoms with Crippen molar-refractivity contribution < 1.29 is 13.6 Å². The van der Waals surface area contributed by atoms with E-state index in [1.54, 1.807) is 30.3 Å². The van der Waals surface area contributed by atoms with Crippen LogP contribution in [0.1, 0.15) is 10.4 Å². The maximum atomic E-state index is 11.7. The predicted molar refractivity (Wildman–Crippen MR) is 48.7 cm³/mol. The van der Waals surface area contributed by atoms with Crippen molar-refractivity contribution in [3.63, 3.8) is 0 Å². The Balaban J connectivity index is 2.50. The smallest absolute Gasteiger partial charge is 0.282 e. The van der Waals surface area contributed by atoms with Crippen LogP contribution in [0, 0.1) is 6.43 Å². The molecule has 13 heavy (non-hydrogen) atoms. The van der Waals surface area contributed by atoms with Gasteiger partial charge in [0.15, 0.2) is 0 Å². The lowest BCUT2D eigenvalue weighted by Gasteiger charge is -1.98. The Morgan fingerprint density at radius 1 is 1.23 bits per heavy atom. The Hall–Kier alpha value is -0.900. The van der Waals surface area contributed by atoms with Crippen LogP contribution in [0.4, 0.5) is 8.78 Å². The molecule has 0 aromatic heterocycles. The highest BCUT2D eigenvalue weighted by Gasteiger charge is 2.11. The molecule has 0 heterocycles. The van der Waals surface area contributed by atoms with E-state index < -0.39 is 12.2 Å². The fourth-order valence-electron chi connectivity index (χ4n) is 0.778. The second kappa shape index (κ2) is 4.97. The molecule has 0 saturated carbocycles. The summed E-state index contributed by atoms with van der Waals surface area (Å²) >= 11 is 0.612. The first kappa shape index (κ1) is 10.2. The van der Waals surface area contributed by atoms with Crippen LogP contribution in [-0.2, 0) is 0 Å². The molecule has 1 rings (SSSR count). The Morgan fingerprint density at radius 2 is 1.85 bits per heavy atom. The Bertz CT molecular complexity index is 274. The molecule has 0 aliphatic rings. The molecule has 1 aromatic carbocycles. The molecule has 1 aromatic rings. The molecule has 0 bridgehead atoms. The highest BCUT2D eigenvalue weighted by Crippen LogP contribution is 2.17. The number of benzene rings is 1. The van der Waals surface area contributed by atoms with Crippen LogP contribution in [0.25, 0.3) is 0 Å². The Kier molecular flexibility index (Phi) is 3.89. The summed E-state index contributed by atoms with van der Waals surface area (Å²) in [4.78, 5) is 11.2. The van der Waals surface area contributed by atoms with Crippen molar-refractivity contribution in [1.29, 1.82) is 0 Å². The molecular formula is C9H7F2OS. The third-order valence-corrected chi connectivity index (χ3v) is 2.18. The zero-order valence-corrected chi connectivity index (χ0v) is 7.48. The van der Waals surface area contributed by atoms with E-state index in [1.807, 2.05) is 0 Å². The number of carbonyl (C=O) groups is 1. The van der Waals surface area contributed by atoms with Gasteiger partial charge in [-0.05, 0) is 0 Å². The van der Waals surface area contributed by atoms with Crippen LogP contribution in [0.3, 0.4) is 0 Å². The minimum absolute atomic E-state index is 0.326. The van der Waals surface area contributed by atoms with E-state index in [-0.39, 0.29) is 5.12 Å². The average Bonchev–Trinajstić information content (AvgIpc) is 2.15. The molecule has 0 fully saturated rings.